The van der Waals surface area contributed by atoms with Gasteiger partial charge in [0.05, 0.1) is 0 Å². The van der Waals surface area contributed by atoms with E-state index in [1.807, 2.05) is 13.8 Å². The molecule has 0 radical (unpaired) electrons. The lowest BCUT2D eigenvalue weighted by molar-refractivity contribution is -0.0970. The highest BCUT2D eigenvalue weighted by Crippen LogP contribution is 2.15. The number of nitrogens with zero attached hydrogens (tertiary/aromatic N) is 1. The summed E-state index contributed by atoms with van der Waals surface area (Å²) < 4.78 is 4.97. The number of hydrogen-bond donors (Lipinski definition) is 0. The van der Waals surface area contributed by atoms with Crippen molar-refractivity contribution in [2.75, 3.05) is 7.11 Å². The van der Waals surface area contributed by atoms with Crippen molar-refractivity contribution < 1.29 is 4.74 Å². The maximum absolute atomic E-state index is 11.2. The Balaban J connectivity index is 4.03. The number of methoxy groups -OCH3 is 1. The van der Waals surface area contributed by atoms with Crippen molar-refractivity contribution in [3.8, 4) is 0 Å². The molecule has 0 aromatic carbocycles. The molecule has 0 aliphatic carbocycles. The standard InChI is InChI=1S/C7H16NO2/c1-6(2)8(9)7(3,4)10-5/h6H,1-5H3/q-1. The van der Waals surface area contributed by atoms with E-state index in [0.29, 0.717) is 0 Å². The van der Waals surface area contributed by atoms with Gasteiger partial charge in [-0.2, -0.15) is 0 Å². The van der Waals surface area contributed by atoms with E-state index in [1.54, 1.807) is 13.8 Å². The summed E-state index contributed by atoms with van der Waals surface area (Å²) in [6.07, 6.45) is 0. The molecule has 62 valence electrons. The monoisotopic (exact) mass is 146 g/mol. The van der Waals surface area contributed by atoms with Crippen LogP contribution in [0.3, 0.4) is 0 Å². The molecular weight excluding hydrogens is 130 g/mol. The van der Waals surface area contributed by atoms with E-state index in [0.717, 1.165) is 5.06 Å². The Labute approximate surface area is 62.6 Å². The van der Waals surface area contributed by atoms with Crippen LogP contribution in [-0.4, -0.2) is 23.9 Å². The van der Waals surface area contributed by atoms with Crippen molar-refractivity contribution >= 4 is 0 Å². The Morgan fingerprint density at radius 3 is 1.90 bits per heavy atom. The molecule has 0 aliphatic heterocycles. The summed E-state index contributed by atoms with van der Waals surface area (Å²) in [5.74, 6) is 0. The molecule has 0 spiro atoms. The molecule has 0 aromatic heterocycles. The average Bonchev–Trinajstić information content (AvgIpc) is 1.86. The van der Waals surface area contributed by atoms with Gasteiger partial charge in [-0.25, -0.2) is 0 Å². The van der Waals surface area contributed by atoms with Gasteiger partial charge in [0.25, 0.3) is 0 Å². The topological polar surface area (TPSA) is 35.5 Å². The lowest BCUT2D eigenvalue weighted by Crippen LogP contribution is -2.45. The van der Waals surface area contributed by atoms with Crippen LogP contribution < -0.4 is 0 Å². The van der Waals surface area contributed by atoms with Gasteiger partial charge in [0.15, 0.2) is 0 Å². The fourth-order valence-corrected chi connectivity index (χ4v) is 0.712. The largest absolute Gasteiger partial charge is 0.783 e. The molecule has 0 fully saturated rings. The van der Waals surface area contributed by atoms with E-state index >= 15 is 0 Å². The van der Waals surface area contributed by atoms with Crippen LogP contribution in [0.1, 0.15) is 27.7 Å². The van der Waals surface area contributed by atoms with E-state index < -0.39 is 5.72 Å². The van der Waals surface area contributed by atoms with Crippen LogP contribution in [0, 0.1) is 5.21 Å². The minimum atomic E-state index is -0.700. The zero-order valence-corrected chi connectivity index (χ0v) is 7.34. The Morgan fingerprint density at radius 2 is 1.80 bits per heavy atom. The number of ether oxygens (including phenoxy) is 1. The second-order valence-corrected chi connectivity index (χ2v) is 3.07. The first-order chi connectivity index (χ1) is 4.41. The van der Waals surface area contributed by atoms with Crippen molar-refractivity contribution in [2.24, 2.45) is 0 Å². The van der Waals surface area contributed by atoms with E-state index in [2.05, 4.69) is 0 Å². The summed E-state index contributed by atoms with van der Waals surface area (Å²) in [4.78, 5) is 0. The molecule has 0 aromatic rings. The van der Waals surface area contributed by atoms with Crippen molar-refractivity contribution in [1.82, 2.24) is 5.06 Å². The summed E-state index contributed by atoms with van der Waals surface area (Å²) in [6.45, 7) is 7.18. The molecular formula is C7H16NO2-. The predicted molar refractivity (Wildman–Crippen MR) is 41.4 cm³/mol. The summed E-state index contributed by atoms with van der Waals surface area (Å²) in [6, 6.07) is -0.0325. The first-order valence-electron chi connectivity index (χ1n) is 3.43. The summed E-state index contributed by atoms with van der Waals surface area (Å²) in [5, 5.41) is 12.1. The Kier molecular flexibility index (Phi) is 3.28. The van der Waals surface area contributed by atoms with Crippen molar-refractivity contribution in [3.05, 3.63) is 5.21 Å². The lowest BCUT2D eigenvalue weighted by atomic mass is 10.2. The molecule has 3 nitrogen and oxygen atoms in total. The molecule has 0 N–H and O–H groups in total. The van der Waals surface area contributed by atoms with Crippen LogP contribution in [0.2, 0.25) is 0 Å². The highest BCUT2D eigenvalue weighted by atomic mass is 16.6. The molecule has 0 saturated heterocycles. The average molecular weight is 146 g/mol. The first-order valence-corrected chi connectivity index (χ1v) is 3.43. The Bertz CT molecular complexity index is 102. The second kappa shape index (κ2) is 3.32. The molecule has 3 heteroatoms. The highest BCUT2D eigenvalue weighted by molar-refractivity contribution is 4.74. The van der Waals surface area contributed by atoms with Crippen LogP contribution >= 0.6 is 0 Å². The quantitative estimate of drug-likeness (QED) is 0.448. The summed E-state index contributed by atoms with van der Waals surface area (Å²) >= 11 is 0. The summed E-state index contributed by atoms with van der Waals surface area (Å²) in [5.41, 5.74) is -0.700. The third kappa shape index (κ3) is 2.25. The third-order valence-corrected chi connectivity index (χ3v) is 1.50. The van der Waals surface area contributed by atoms with Gasteiger partial charge in [-0.3, -0.25) is 0 Å². The smallest absolute Gasteiger partial charge is 0.104 e. The zero-order chi connectivity index (χ0) is 8.36. The predicted octanol–water partition coefficient (Wildman–Crippen LogP) is 1.58. The van der Waals surface area contributed by atoms with Gasteiger partial charge in [0.2, 0.25) is 0 Å². The fourth-order valence-electron chi connectivity index (χ4n) is 0.712. The molecule has 10 heavy (non-hydrogen) atoms. The van der Waals surface area contributed by atoms with E-state index in [1.165, 1.54) is 7.11 Å². The molecule has 0 atom stereocenters. The summed E-state index contributed by atoms with van der Waals surface area (Å²) in [7, 11) is 1.54. The fraction of sp³-hybridized carbons (Fsp3) is 1.00. The molecule has 0 heterocycles. The van der Waals surface area contributed by atoms with Crippen LogP contribution in [0.4, 0.5) is 0 Å². The number of hydroxylamine groups is 2. The van der Waals surface area contributed by atoms with Crippen LogP contribution in [0.15, 0.2) is 0 Å². The maximum Gasteiger partial charge on any atom is 0.104 e. The van der Waals surface area contributed by atoms with Crippen LogP contribution in [-0.2, 0) is 4.74 Å². The molecule has 0 amide bonds. The minimum absolute atomic E-state index is 0.0325. The Hall–Kier alpha value is -0.120. The molecule has 0 unspecified atom stereocenters. The van der Waals surface area contributed by atoms with Crippen molar-refractivity contribution in [1.29, 1.82) is 0 Å². The maximum atomic E-state index is 11.2. The molecule has 0 rings (SSSR count). The molecule has 0 saturated carbocycles. The minimum Gasteiger partial charge on any atom is -0.783 e. The zero-order valence-electron chi connectivity index (χ0n) is 7.34. The van der Waals surface area contributed by atoms with Gasteiger partial charge in [-0.15, -0.1) is 0 Å². The SMILES string of the molecule is COC(C)(C)N([O-])C(C)C. The molecule has 0 bridgehead atoms. The molecule has 0 aliphatic rings. The lowest BCUT2D eigenvalue weighted by Gasteiger charge is -2.45. The number of hydrogen-bond acceptors (Lipinski definition) is 3. The van der Waals surface area contributed by atoms with Gasteiger partial charge < -0.3 is 15.0 Å². The van der Waals surface area contributed by atoms with E-state index in [9.17, 15) is 5.21 Å². The first kappa shape index (κ1) is 9.88. The van der Waals surface area contributed by atoms with Gasteiger partial charge in [0, 0.05) is 7.11 Å². The van der Waals surface area contributed by atoms with Crippen LogP contribution in [0.25, 0.3) is 0 Å². The van der Waals surface area contributed by atoms with Gasteiger partial charge in [-0.1, -0.05) is 13.8 Å². The van der Waals surface area contributed by atoms with Crippen molar-refractivity contribution in [2.45, 2.75) is 39.5 Å². The Morgan fingerprint density at radius 1 is 1.40 bits per heavy atom. The van der Waals surface area contributed by atoms with E-state index in [4.69, 9.17) is 4.74 Å². The van der Waals surface area contributed by atoms with Gasteiger partial charge in [-0.05, 0) is 19.9 Å². The van der Waals surface area contributed by atoms with Crippen LogP contribution in [0.5, 0.6) is 0 Å². The second-order valence-electron chi connectivity index (χ2n) is 3.07. The van der Waals surface area contributed by atoms with Gasteiger partial charge >= 0.3 is 0 Å². The van der Waals surface area contributed by atoms with E-state index in [-0.39, 0.29) is 6.04 Å². The van der Waals surface area contributed by atoms with Gasteiger partial charge in [0.1, 0.15) is 5.72 Å². The van der Waals surface area contributed by atoms with Crippen molar-refractivity contribution in [3.63, 3.8) is 0 Å². The highest BCUT2D eigenvalue weighted by Gasteiger charge is 2.19. The third-order valence-electron chi connectivity index (χ3n) is 1.50. The number of rotatable bonds is 3. The normalized spacial score (nSPS) is 13.2.